The highest BCUT2D eigenvalue weighted by Gasteiger charge is 2.21. The molecule has 0 bridgehead atoms. The molecule has 0 saturated heterocycles. The fourth-order valence-electron chi connectivity index (χ4n) is 3.24. The highest BCUT2D eigenvalue weighted by Crippen LogP contribution is 2.34. The molecule has 166 valence electrons. The molecule has 0 fully saturated rings. The highest BCUT2D eigenvalue weighted by atomic mass is 32.2. The Morgan fingerprint density at radius 3 is 2.41 bits per heavy atom. The van der Waals surface area contributed by atoms with Crippen LogP contribution < -0.4 is 15.0 Å². The number of methoxy groups -OCH3 is 1. The fraction of sp³-hybridized carbons (Fsp3) is 0.320. The maximum atomic E-state index is 13.1. The van der Waals surface area contributed by atoms with Gasteiger partial charge in [-0.25, -0.2) is 4.98 Å². The first-order chi connectivity index (χ1) is 15.3. The van der Waals surface area contributed by atoms with Gasteiger partial charge in [0, 0.05) is 16.9 Å². The van der Waals surface area contributed by atoms with Crippen molar-refractivity contribution < 1.29 is 9.47 Å². The van der Waals surface area contributed by atoms with E-state index < -0.39 is 0 Å². The van der Waals surface area contributed by atoms with Crippen molar-refractivity contribution in [3.63, 3.8) is 0 Å². The van der Waals surface area contributed by atoms with Gasteiger partial charge in [0.1, 0.15) is 18.2 Å². The summed E-state index contributed by atoms with van der Waals surface area (Å²) < 4.78 is 13.0. The summed E-state index contributed by atoms with van der Waals surface area (Å²) in [5.41, 5.74) is 1.71. The second kappa shape index (κ2) is 10.4. The predicted molar refractivity (Wildman–Crippen MR) is 127 cm³/mol. The van der Waals surface area contributed by atoms with Gasteiger partial charge in [-0.05, 0) is 37.6 Å². The molecule has 7 heteroatoms. The topological polar surface area (TPSA) is 77.1 Å². The Morgan fingerprint density at radius 1 is 1.09 bits per heavy atom. The van der Waals surface area contributed by atoms with Gasteiger partial charge in [0.2, 0.25) is 0 Å². The van der Waals surface area contributed by atoms with Gasteiger partial charge in [-0.2, -0.15) is 5.26 Å². The average molecular weight is 450 g/mol. The molecule has 1 heterocycles. The van der Waals surface area contributed by atoms with Crippen molar-refractivity contribution >= 4 is 11.8 Å². The molecule has 0 aliphatic carbocycles. The van der Waals surface area contributed by atoms with Crippen LogP contribution in [0.5, 0.6) is 11.5 Å². The largest absolute Gasteiger partial charge is 0.493 e. The van der Waals surface area contributed by atoms with E-state index in [4.69, 9.17) is 14.5 Å². The summed E-state index contributed by atoms with van der Waals surface area (Å²) in [5, 5.41) is 10.6. The van der Waals surface area contributed by atoms with Crippen LogP contribution in [-0.4, -0.2) is 21.9 Å². The minimum atomic E-state index is -0.334. The molecule has 2 aromatic carbocycles. The molecule has 0 aliphatic rings. The highest BCUT2D eigenvalue weighted by molar-refractivity contribution is 7.99. The molecule has 6 nitrogen and oxygen atoms in total. The van der Waals surface area contributed by atoms with Crippen molar-refractivity contribution in [2.24, 2.45) is 0 Å². The molecule has 32 heavy (non-hydrogen) atoms. The predicted octanol–water partition coefficient (Wildman–Crippen LogP) is 5.45. The van der Waals surface area contributed by atoms with E-state index in [0.29, 0.717) is 34.5 Å². The number of nitriles is 1. The standard InChI is InChI=1S/C25H27N3O3S/c1-16(2)28-24(29)20(14-26)23(27-25(28)32-17(3)4)19-11-12-21(22(13-19)30-5)31-15-18-9-7-6-8-10-18/h6-13,16-17H,15H2,1-5H3. The first-order valence-corrected chi connectivity index (χ1v) is 11.3. The van der Waals surface area contributed by atoms with Gasteiger partial charge in [0.25, 0.3) is 5.56 Å². The zero-order chi connectivity index (χ0) is 23.3. The van der Waals surface area contributed by atoms with Crippen LogP contribution in [0.1, 0.15) is 44.9 Å². The normalized spacial score (nSPS) is 10.9. The summed E-state index contributed by atoms with van der Waals surface area (Å²) in [6, 6.07) is 17.1. The number of nitrogens with zero attached hydrogens (tertiary/aromatic N) is 3. The number of ether oxygens (including phenoxy) is 2. The van der Waals surface area contributed by atoms with E-state index in [1.165, 1.54) is 11.8 Å². The van der Waals surface area contributed by atoms with E-state index in [2.05, 4.69) is 6.07 Å². The van der Waals surface area contributed by atoms with E-state index in [9.17, 15) is 10.1 Å². The van der Waals surface area contributed by atoms with Crippen LogP contribution in [0.2, 0.25) is 0 Å². The van der Waals surface area contributed by atoms with Crippen molar-refractivity contribution in [2.75, 3.05) is 7.11 Å². The molecule has 0 atom stereocenters. The van der Waals surface area contributed by atoms with Crippen molar-refractivity contribution in [3.8, 4) is 28.8 Å². The van der Waals surface area contributed by atoms with Crippen LogP contribution in [0.4, 0.5) is 0 Å². The van der Waals surface area contributed by atoms with Crippen LogP contribution in [0.25, 0.3) is 11.3 Å². The third-order valence-electron chi connectivity index (χ3n) is 4.73. The zero-order valence-electron chi connectivity index (χ0n) is 19.0. The van der Waals surface area contributed by atoms with Crippen LogP contribution in [-0.2, 0) is 6.61 Å². The van der Waals surface area contributed by atoms with Gasteiger partial charge in [0.05, 0.1) is 12.8 Å². The third-order valence-corrected chi connectivity index (χ3v) is 5.70. The lowest BCUT2D eigenvalue weighted by Crippen LogP contribution is -2.28. The van der Waals surface area contributed by atoms with Gasteiger partial charge in [-0.3, -0.25) is 9.36 Å². The molecular formula is C25H27N3O3S. The Morgan fingerprint density at radius 2 is 1.81 bits per heavy atom. The number of hydrogen-bond donors (Lipinski definition) is 0. The maximum absolute atomic E-state index is 13.1. The molecule has 0 spiro atoms. The quantitative estimate of drug-likeness (QED) is 0.336. The third kappa shape index (κ3) is 5.14. The van der Waals surface area contributed by atoms with Gasteiger partial charge in [-0.1, -0.05) is 55.9 Å². The molecule has 3 rings (SSSR count). The van der Waals surface area contributed by atoms with E-state index in [1.54, 1.807) is 29.9 Å². The summed E-state index contributed by atoms with van der Waals surface area (Å²) in [4.78, 5) is 17.9. The zero-order valence-corrected chi connectivity index (χ0v) is 19.8. The molecule has 0 N–H and O–H groups in total. The molecule has 0 amide bonds. The SMILES string of the molecule is COc1cc(-c2nc(SC(C)C)n(C(C)C)c(=O)c2C#N)ccc1OCc1ccccc1. The Hall–Kier alpha value is -3.24. The monoisotopic (exact) mass is 449 g/mol. The van der Waals surface area contributed by atoms with Gasteiger partial charge in [0.15, 0.2) is 16.7 Å². The lowest BCUT2D eigenvalue weighted by atomic mass is 10.1. The number of hydrogen-bond acceptors (Lipinski definition) is 6. The van der Waals surface area contributed by atoms with Crippen molar-refractivity contribution in [1.82, 2.24) is 9.55 Å². The van der Waals surface area contributed by atoms with E-state index >= 15 is 0 Å². The second-order valence-corrected chi connectivity index (χ2v) is 9.35. The molecule has 0 radical (unpaired) electrons. The average Bonchev–Trinajstić information content (AvgIpc) is 2.77. The number of thioether (sulfide) groups is 1. The van der Waals surface area contributed by atoms with E-state index in [0.717, 1.165) is 5.56 Å². The van der Waals surface area contributed by atoms with Gasteiger partial charge in [-0.15, -0.1) is 0 Å². The minimum absolute atomic E-state index is 0.0202. The van der Waals surface area contributed by atoms with Crippen LogP contribution in [0, 0.1) is 11.3 Å². The Labute approximate surface area is 192 Å². The number of rotatable bonds is 8. The molecule has 0 aliphatic heterocycles. The molecule has 0 unspecified atom stereocenters. The number of benzene rings is 2. The molecular weight excluding hydrogens is 422 g/mol. The summed E-state index contributed by atoms with van der Waals surface area (Å²) in [7, 11) is 1.56. The minimum Gasteiger partial charge on any atom is -0.493 e. The van der Waals surface area contributed by atoms with Crippen molar-refractivity contribution in [1.29, 1.82) is 5.26 Å². The fourth-order valence-corrected chi connectivity index (χ4v) is 4.22. The van der Waals surface area contributed by atoms with Crippen molar-refractivity contribution in [3.05, 3.63) is 70.0 Å². The van der Waals surface area contributed by atoms with Gasteiger partial charge < -0.3 is 9.47 Å². The summed E-state index contributed by atoms with van der Waals surface area (Å²) >= 11 is 1.50. The van der Waals surface area contributed by atoms with Gasteiger partial charge >= 0.3 is 0 Å². The number of aromatic nitrogens is 2. The van der Waals surface area contributed by atoms with Crippen molar-refractivity contribution in [2.45, 2.75) is 50.8 Å². The molecule has 1 aromatic heterocycles. The second-order valence-electron chi connectivity index (χ2n) is 7.81. The lowest BCUT2D eigenvalue weighted by molar-refractivity contribution is 0.284. The molecule has 0 saturated carbocycles. The smallest absolute Gasteiger partial charge is 0.272 e. The summed E-state index contributed by atoms with van der Waals surface area (Å²) in [6.07, 6.45) is 0. The van der Waals surface area contributed by atoms with Crippen LogP contribution in [0.15, 0.2) is 58.5 Å². The Balaban J connectivity index is 2.05. The Bertz CT molecular complexity index is 1180. The first kappa shape index (κ1) is 23.4. The summed E-state index contributed by atoms with van der Waals surface area (Å²) in [5.74, 6) is 1.08. The van der Waals surface area contributed by atoms with E-state index in [-0.39, 0.29) is 22.4 Å². The lowest BCUT2D eigenvalue weighted by Gasteiger charge is -2.19. The Kier molecular flexibility index (Phi) is 7.60. The van der Waals surface area contributed by atoms with Crippen LogP contribution >= 0.6 is 11.8 Å². The summed E-state index contributed by atoms with van der Waals surface area (Å²) in [6.45, 7) is 8.31. The first-order valence-electron chi connectivity index (χ1n) is 10.4. The maximum Gasteiger partial charge on any atom is 0.272 e. The molecule has 3 aromatic rings. The van der Waals surface area contributed by atoms with Crippen LogP contribution in [0.3, 0.4) is 0 Å². The van der Waals surface area contributed by atoms with E-state index in [1.807, 2.05) is 58.0 Å².